The lowest BCUT2D eigenvalue weighted by molar-refractivity contribution is 0.318. The van der Waals surface area contributed by atoms with E-state index in [4.69, 9.17) is 10.9 Å². The highest BCUT2D eigenvalue weighted by Crippen LogP contribution is 1.88. The van der Waals surface area contributed by atoms with Crippen molar-refractivity contribution >= 4 is 5.84 Å². The van der Waals surface area contributed by atoms with Gasteiger partial charge in [0.1, 0.15) is 5.69 Å². The fourth-order valence-corrected chi connectivity index (χ4v) is 0.452. The van der Waals surface area contributed by atoms with Gasteiger partial charge in [-0.25, -0.2) is 0 Å². The Morgan fingerprint density at radius 2 is 2.67 bits per heavy atom. The molecule has 0 saturated carbocycles. The number of nitrogens with zero attached hydrogens (tertiary/aromatic N) is 2. The second-order valence-electron chi connectivity index (χ2n) is 1.46. The first-order chi connectivity index (χ1) is 4.34. The molecule has 0 spiro atoms. The zero-order valence-electron chi connectivity index (χ0n) is 4.57. The summed E-state index contributed by atoms with van der Waals surface area (Å²) in [6, 6.07) is 1.61. The number of oxime groups is 1. The number of H-pyrrole nitrogens is 1. The Hall–Kier alpha value is -1.52. The summed E-state index contributed by atoms with van der Waals surface area (Å²) >= 11 is 0. The smallest absolute Gasteiger partial charge is 0.188 e. The topological polar surface area (TPSA) is 87.3 Å². The summed E-state index contributed by atoms with van der Waals surface area (Å²) in [4.78, 5) is 0. The molecule has 1 aromatic rings. The first-order valence-corrected chi connectivity index (χ1v) is 2.32. The Kier molecular flexibility index (Phi) is 1.35. The Bertz CT molecular complexity index is 202. The number of aromatic amines is 1. The zero-order valence-corrected chi connectivity index (χ0v) is 4.57. The molecule has 9 heavy (non-hydrogen) atoms. The molecule has 0 unspecified atom stereocenters. The summed E-state index contributed by atoms with van der Waals surface area (Å²) in [5.41, 5.74) is 5.68. The molecular formula is C4H6N4O. The van der Waals surface area contributed by atoms with E-state index in [1.54, 1.807) is 6.07 Å². The minimum absolute atomic E-state index is 0.0347. The van der Waals surface area contributed by atoms with E-state index in [1.807, 2.05) is 0 Å². The predicted octanol–water partition coefficient (Wildman–Crippen LogP) is -0.496. The quantitative estimate of drug-likeness (QED) is 0.205. The van der Waals surface area contributed by atoms with Crippen LogP contribution in [0.4, 0.5) is 0 Å². The molecule has 5 heteroatoms. The summed E-state index contributed by atoms with van der Waals surface area (Å²) < 4.78 is 0. The van der Waals surface area contributed by atoms with Crippen molar-refractivity contribution in [1.82, 2.24) is 10.2 Å². The summed E-state index contributed by atoms with van der Waals surface area (Å²) in [6.45, 7) is 0. The van der Waals surface area contributed by atoms with E-state index in [1.165, 1.54) is 6.20 Å². The van der Waals surface area contributed by atoms with Gasteiger partial charge in [-0.05, 0) is 6.07 Å². The molecule has 0 saturated heterocycles. The van der Waals surface area contributed by atoms with E-state index in [2.05, 4.69) is 15.4 Å². The second kappa shape index (κ2) is 2.17. The number of aromatic nitrogens is 2. The van der Waals surface area contributed by atoms with Gasteiger partial charge in [-0.15, -0.1) is 0 Å². The highest BCUT2D eigenvalue weighted by atomic mass is 16.4. The van der Waals surface area contributed by atoms with Crippen molar-refractivity contribution in [2.75, 3.05) is 0 Å². The molecule has 0 amide bonds. The van der Waals surface area contributed by atoms with Gasteiger partial charge >= 0.3 is 0 Å². The van der Waals surface area contributed by atoms with Crippen molar-refractivity contribution in [2.45, 2.75) is 0 Å². The molecule has 1 aromatic heterocycles. The molecule has 0 aliphatic heterocycles. The molecule has 48 valence electrons. The number of nitrogens with one attached hydrogen (secondary N) is 1. The summed E-state index contributed by atoms with van der Waals surface area (Å²) in [7, 11) is 0. The molecule has 1 heterocycles. The highest BCUT2D eigenvalue weighted by molar-refractivity contribution is 5.94. The van der Waals surface area contributed by atoms with Crippen molar-refractivity contribution in [3.63, 3.8) is 0 Å². The van der Waals surface area contributed by atoms with E-state index in [0.29, 0.717) is 5.69 Å². The van der Waals surface area contributed by atoms with Gasteiger partial charge in [-0.3, -0.25) is 5.10 Å². The third-order valence-electron chi connectivity index (χ3n) is 0.884. The van der Waals surface area contributed by atoms with Gasteiger partial charge < -0.3 is 10.9 Å². The van der Waals surface area contributed by atoms with Crippen LogP contribution in [0.25, 0.3) is 0 Å². The van der Waals surface area contributed by atoms with Crippen LogP contribution in [0, 0.1) is 0 Å². The average Bonchev–Trinajstić information content (AvgIpc) is 2.37. The number of amidine groups is 1. The molecule has 1 rings (SSSR count). The van der Waals surface area contributed by atoms with Gasteiger partial charge in [0, 0.05) is 6.20 Å². The SMILES string of the molecule is NC(=NO)c1ccn[nH]1. The Balaban J connectivity index is 2.90. The van der Waals surface area contributed by atoms with E-state index >= 15 is 0 Å². The van der Waals surface area contributed by atoms with Crippen LogP contribution < -0.4 is 5.73 Å². The average molecular weight is 126 g/mol. The third kappa shape index (κ3) is 0.987. The summed E-state index contributed by atoms with van der Waals surface area (Å²) in [6.07, 6.45) is 1.52. The van der Waals surface area contributed by atoms with Gasteiger partial charge in [-0.2, -0.15) is 5.10 Å². The number of rotatable bonds is 1. The van der Waals surface area contributed by atoms with Crippen LogP contribution in [0.1, 0.15) is 5.69 Å². The summed E-state index contributed by atoms with van der Waals surface area (Å²) in [5.74, 6) is 0.0347. The minimum Gasteiger partial charge on any atom is -0.409 e. The lowest BCUT2D eigenvalue weighted by atomic mass is 10.4. The normalized spacial score (nSPS) is 11.8. The van der Waals surface area contributed by atoms with Gasteiger partial charge in [0.05, 0.1) is 0 Å². The molecule has 4 N–H and O–H groups in total. The molecule has 5 nitrogen and oxygen atoms in total. The van der Waals surface area contributed by atoms with Crippen LogP contribution in [0.15, 0.2) is 17.4 Å². The first kappa shape index (κ1) is 5.61. The lowest BCUT2D eigenvalue weighted by Crippen LogP contribution is -2.13. The maximum atomic E-state index is 8.12. The van der Waals surface area contributed by atoms with E-state index in [0.717, 1.165) is 0 Å². The Morgan fingerprint density at radius 1 is 1.89 bits per heavy atom. The van der Waals surface area contributed by atoms with Gasteiger partial charge in [0.2, 0.25) is 0 Å². The fourth-order valence-electron chi connectivity index (χ4n) is 0.452. The maximum absolute atomic E-state index is 8.12. The molecule has 0 aliphatic rings. The molecule has 0 radical (unpaired) electrons. The highest BCUT2D eigenvalue weighted by Gasteiger charge is 1.96. The third-order valence-corrected chi connectivity index (χ3v) is 0.884. The van der Waals surface area contributed by atoms with Crippen molar-refractivity contribution in [1.29, 1.82) is 0 Å². The van der Waals surface area contributed by atoms with Crippen molar-refractivity contribution in [3.05, 3.63) is 18.0 Å². The maximum Gasteiger partial charge on any atom is 0.188 e. The van der Waals surface area contributed by atoms with Crippen molar-refractivity contribution < 1.29 is 5.21 Å². The molecule has 0 fully saturated rings. The first-order valence-electron chi connectivity index (χ1n) is 2.32. The number of nitrogens with two attached hydrogens (primary N) is 1. The Labute approximate surface area is 51.2 Å². The molecule has 0 aliphatic carbocycles. The van der Waals surface area contributed by atoms with Crippen LogP contribution in [-0.2, 0) is 0 Å². The monoisotopic (exact) mass is 126 g/mol. The van der Waals surface area contributed by atoms with Crippen molar-refractivity contribution in [2.24, 2.45) is 10.9 Å². The summed E-state index contributed by atoms with van der Waals surface area (Å²) in [5, 5.41) is 17.0. The van der Waals surface area contributed by atoms with E-state index < -0.39 is 0 Å². The molecule has 0 atom stereocenters. The van der Waals surface area contributed by atoms with E-state index in [9.17, 15) is 0 Å². The van der Waals surface area contributed by atoms with Gasteiger partial charge in [0.15, 0.2) is 5.84 Å². The Morgan fingerprint density at radius 3 is 3.11 bits per heavy atom. The second-order valence-corrected chi connectivity index (χ2v) is 1.46. The van der Waals surface area contributed by atoms with Crippen LogP contribution in [-0.4, -0.2) is 21.2 Å². The van der Waals surface area contributed by atoms with Crippen LogP contribution >= 0.6 is 0 Å². The van der Waals surface area contributed by atoms with E-state index in [-0.39, 0.29) is 5.84 Å². The predicted molar refractivity (Wildman–Crippen MR) is 31.1 cm³/mol. The molecule has 0 aromatic carbocycles. The van der Waals surface area contributed by atoms with Gasteiger partial charge in [0.25, 0.3) is 0 Å². The molecular weight excluding hydrogens is 120 g/mol. The fraction of sp³-hybridized carbons (Fsp3) is 0. The van der Waals surface area contributed by atoms with Crippen LogP contribution in [0.2, 0.25) is 0 Å². The van der Waals surface area contributed by atoms with Crippen molar-refractivity contribution in [3.8, 4) is 0 Å². The zero-order chi connectivity index (χ0) is 6.69. The molecule has 0 bridgehead atoms. The largest absolute Gasteiger partial charge is 0.409 e. The number of hydrogen-bond donors (Lipinski definition) is 3. The van der Waals surface area contributed by atoms with Crippen LogP contribution in [0.3, 0.4) is 0 Å². The standard InChI is InChI=1S/C4H6N4O/c5-4(8-9)3-1-2-6-7-3/h1-2,9H,(H2,5,8)(H,6,7). The minimum atomic E-state index is 0.0347. The van der Waals surface area contributed by atoms with Crippen LogP contribution in [0.5, 0.6) is 0 Å². The number of hydrogen-bond acceptors (Lipinski definition) is 3. The lowest BCUT2D eigenvalue weighted by Gasteiger charge is -1.87. The van der Waals surface area contributed by atoms with Gasteiger partial charge in [-0.1, -0.05) is 5.16 Å².